The van der Waals surface area contributed by atoms with Crippen LogP contribution in [-0.2, 0) is 11.4 Å². The maximum atomic E-state index is 5.24. The second-order valence-corrected chi connectivity index (χ2v) is 4.53. The van der Waals surface area contributed by atoms with Crippen LogP contribution < -0.4 is 0 Å². The van der Waals surface area contributed by atoms with Gasteiger partial charge in [0.25, 0.3) is 0 Å². The van der Waals surface area contributed by atoms with Crippen molar-refractivity contribution >= 4 is 6.21 Å². The van der Waals surface area contributed by atoms with Gasteiger partial charge in [-0.05, 0) is 25.0 Å². The van der Waals surface area contributed by atoms with E-state index in [4.69, 9.17) is 4.84 Å². The van der Waals surface area contributed by atoms with Crippen LogP contribution in [0.5, 0.6) is 0 Å². The Kier molecular flexibility index (Phi) is 5.76. The highest BCUT2D eigenvalue weighted by Gasteiger charge is 1.98. The van der Waals surface area contributed by atoms with Crippen molar-refractivity contribution in [3.63, 3.8) is 0 Å². The normalized spacial score (nSPS) is 11.1. The van der Waals surface area contributed by atoms with E-state index in [2.05, 4.69) is 22.2 Å². The van der Waals surface area contributed by atoms with Crippen molar-refractivity contribution in [2.24, 2.45) is 5.16 Å². The summed E-state index contributed by atoms with van der Waals surface area (Å²) in [6.07, 6.45) is 11.8. The van der Waals surface area contributed by atoms with Crippen molar-refractivity contribution in [1.82, 2.24) is 14.8 Å². The van der Waals surface area contributed by atoms with Gasteiger partial charge in [0.15, 0.2) is 5.82 Å². The number of nitrogens with zero attached hydrogens (tertiary/aromatic N) is 4. The molecule has 0 saturated heterocycles. The highest BCUT2D eigenvalue weighted by molar-refractivity contribution is 5.56. The molecule has 0 bridgehead atoms. The third-order valence-electron chi connectivity index (χ3n) is 2.87. The predicted octanol–water partition coefficient (Wildman–Crippen LogP) is 3.35. The van der Waals surface area contributed by atoms with Crippen molar-refractivity contribution < 1.29 is 4.84 Å². The lowest BCUT2D eigenvalue weighted by atomic mass is 10.2. The third-order valence-corrected chi connectivity index (χ3v) is 2.87. The first-order valence-electron chi connectivity index (χ1n) is 6.99. The molecule has 0 amide bonds. The summed E-state index contributed by atoms with van der Waals surface area (Å²) in [5.74, 6) is 0.793. The summed E-state index contributed by atoms with van der Waals surface area (Å²) < 4.78 is 1.72. The molecule has 0 aliphatic heterocycles. The predicted molar refractivity (Wildman–Crippen MR) is 78.8 cm³/mol. The molecule has 0 atom stereocenters. The van der Waals surface area contributed by atoms with E-state index in [1.807, 2.05) is 30.6 Å². The molecule has 2 heterocycles. The summed E-state index contributed by atoms with van der Waals surface area (Å²) in [6, 6.07) is 5.75. The van der Waals surface area contributed by atoms with E-state index in [1.165, 1.54) is 19.3 Å². The highest BCUT2D eigenvalue weighted by atomic mass is 16.6. The third kappa shape index (κ3) is 4.50. The van der Waals surface area contributed by atoms with Gasteiger partial charge in [0.2, 0.25) is 0 Å². The number of hydrogen-bond acceptors (Lipinski definition) is 4. The SMILES string of the molecule is CCCCCC=NOCc1ccc(-n2cccn2)nc1. The van der Waals surface area contributed by atoms with Crippen LogP contribution in [0.25, 0.3) is 5.82 Å². The van der Waals surface area contributed by atoms with Crippen LogP contribution >= 0.6 is 0 Å². The smallest absolute Gasteiger partial charge is 0.153 e. The minimum absolute atomic E-state index is 0.441. The van der Waals surface area contributed by atoms with Gasteiger partial charge in [0, 0.05) is 30.4 Å². The molecule has 0 unspecified atom stereocenters. The molecule has 0 radical (unpaired) electrons. The van der Waals surface area contributed by atoms with E-state index < -0.39 is 0 Å². The number of pyridine rings is 1. The molecular weight excluding hydrogens is 252 g/mol. The molecule has 5 heteroatoms. The van der Waals surface area contributed by atoms with Gasteiger partial charge in [-0.1, -0.05) is 31.0 Å². The molecule has 106 valence electrons. The lowest BCUT2D eigenvalue weighted by Crippen LogP contribution is -1.98. The molecule has 0 aliphatic rings. The Morgan fingerprint density at radius 1 is 1.35 bits per heavy atom. The Labute approximate surface area is 119 Å². The number of aromatic nitrogens is 3. The summed E-state index contributed by atoms with van der Waals surface area (Å²) in [4.78, 5) is 9.57. The Balaban J connectivity index is 1.74. The fourth-order valence-corrected chi connectivity index (χ4v) is 1.74. The molecule has 5 nitrogen and oxygen atoms in total. The van der Waals surface area contributed by atoms with Gasteiger partial charge in [-0.15, -0.1) is 0 Å². The van der Waals surface area contributed by atoms with Gasteiger partial charge in [0.05, 0.1) is 0 Å². The molecule has 0 saturated carbocycles. The lowest BCUT2D eigenvalue weighted by Gasteiger charge is -2.02. The standard InChI is InChI=1S/C15H20N4O/c1-2-3-4-5-10-18-20-13-14-7-8-15(16-12-14)19-11-6-9-17-19/h6-12H,2-5,13H2,1H3. The van der Waals surface area contributed by atoms with E-state index in [0.29, 0.717) is 6.61 Å². The Bertz CT molecular complexity index is 505. The summed E-state index contributed by atoms with van der Waals surface area (Å²) in [5, 5.41) is 8.07. The van der Waals surface area contributed by atoms with Crippen LogP contribution in [-0.4, -0.2) is 21.0 Å². The van der Waals surface area contributed by atoms with Gasteiger partial charge < -0.3 is 4.84 Å². The monoisotopic (exact) mass is 272 g/mol. The zero-order chi connectivity index (χ0) is 14.0. The number of rotatable bonds is 8. The van der Waals surface area contributed by atoms with Gasteiger partial charge >= 0.3 is 0 Å². The molecule has 0 spiro atoms. The van der Waals surface area contributed by atoms with Crippen LogP contribution in [0, 0.1) is 0 Å². The first kappa shape index (κ1) is 14.2. The van der Waals surface area contributed by atoms with Gasteiger partial charge in [-0.25, -0.2) is 9.67 Å². The fraction of sp³-hybridized carbons (Fsp3) is 0.400. The zero-order valence-corrected chi connectivity index (χ0v) is 11.8. The van der Waals surface area contributed by atoms with Crippen molar-refractivity contribution in [3.8, 4) is 5.82 Å². The molecule has 0 aliphatic carbocycles. The molecule has 0 fully saturated rings. The molecule has 2 rings (SSSR count). The van der Waals surface area contributed by atoms with Crippen LogP contribution in [0.15, 0.2) is 41.9 Å². The fourth-order valence-electron chi connectivity index (χ4n) is 1.74. The average Bonchev–Trinajstić information content (AvgIpc) is 3.01. The lowest BCUT2D eigenvalue weighted by molar-refractivity contribution is 0.131. The number of oxime groups is 1. The molecular formula is C15H20N4O. The van der Waals surface area contributed by atoms with E-state index >= 15 is 0 Å². The molecule has 2 aromatic heterocycles. The summed E-state index contributed by atoms with van der Waals surface area (Å²) >= 11 is 0. The summed E-state index contributed by atoms with van der Waals surface area (Å²) in [7, 11) is 0. The minimum Gasteiger partial charge on any atom is -0.391 e. The first-order valence-corrected chi connectivity index (χ1v) is 6.99. The van der Waals surface area contributed by atoms with Crippen molar-refractivity contribution in [1.29, 1.82) is 0 Å². The summed E-state index contributed by atoms with van der Waals surface area (Å²) in [5.41, 5.74) is 0.992. The van der Waals surface area contributed by atoms with Gasteiger partial charge in [-0.2, -0.15) is 5.10 Å². The van der Waals surface area contributed by atoms with E-state index in [-0.39, 0.29) is 0 Å². The van der Waals surface area contributed by atoms with Crippen molar-refractivity contribution in [2.75, 3.05) is 0 Å². The van der Waals surface area contributed by atoms with E-state index in [9.17, 15) is 0 Å². The van der Waals surface area contributed by atoms with Crippen molar-refractivity contribution in [2.45, 2.75) is 39.2 Å². The maximum absolute atomic E-state index is 5.24. The minimum atomic E-state index is 0.441. The second kappa shape index (κ2) is 8.09. The zero-order valence-electron chi connectivity index (χ0n) is 11.8. The Morgan fingerprint density at radius 3 is 3.00 bits per heavy atom. The number of hydrogen-bond donors (Lipinski definition) is 0. The van der Waals surface area contributed by atoms with Gasteiger partial charge in [0.1, 0.15) is 6.61 Å². The molecule has 0 aromatic carbocycles. The molecule has 20 heavy (non-hydrogen) atoms. The van der Waals surface area contributed by atoms with Crippen molar-refractivity contribution in [3.05, 3.63) is 42.4 Å². The van der Waals surface area contributed by atoms with Crippen LogP contribution in [0.2, 0.25) is 0 Å². The largest absolute Gasteiger partial charge is 0.391 e. The van der Waals surface area contributed by atoms with Crippen LogP contribution in [0.1, 0.15) is 38.2 Å². The topological polar surface area (TPSA) is 52.3 Å². The quantitative estimate of drug-likeness (QED) is 0.420. The maximum Gasteiger partial charge on any atom is 0.153 e. The van der Waals surface area contributed by atoms with E-state index in [1.54, 1.807) is 17.1 Å². The summed E-state index contributed by atoms with van der Waals surface area (Å²) in [6.45, 7) is 2.63. The Hall–Kier alpha value is -2.17. The highest BCUT2D eigenvalue weighted by Crippen LogP contribution is 2.06. The van der Waals surface area contributed by atoms with E-state index in [0.717, 1.165) is 17.8 Å². The Morgan fingerprint density at radius 2 is 2.30 bits per heavy atom. The second-order valence-electron chi connectivity index (χ2n) is 4.53. The number of unbranched alkanes of at least 4 members (excludes halogenated alkanes) is 3. The average molecular weight is 272 g/mol. The van der Waals surface area contributed by atoms with Crippen LogP contribution in [0.4, 0.5) is 0 Å². The van der Waals surface area contributed by atoms with Gasteiger partial charge in [-0.3, -0.25) is 0 Å². The molecule has 2 aromatic rings. The van der Waals surface area contributed by atoms with Crippen LogP contribution in [0.3, 0.4) is 0 Å². The first-order chi connectivity index (χ1) is 9.90. The molecule has 0 N–H and O–H groups in total.